The number of aromatic amines is 1. The average Bonchev–Trinajstić information content (AvgIpc) is 3.56. The predicted octanol–water partition coefficient (Wildman–Crippen LogP) is 8.53. The number of piperidine rings is 3. The summed E-state index contributed by atoms with van der Waals surface area (Å²) in [6.45, 7) is 6.64. The normalized spacial score (nSPS) is 17.1. The summed E-state index contributed by atoms with van der Waals surface area (Å²) in [7, 11) is 0. The number of nitrogens with one attached hydrogen (secondary N) is 2. The molecule has 10 rings (SSSR count). The van der Waals surface area contributed by atoms with Crippen LogP contribution in [0.15, 0.2) is 163 Å². The van der Waals surface area contributed by atoms with Crippen LogP contribution in [0, 0.1) is 11.3 Å². The molecule has 3 fully saturated rings. The molecule has 1 spiro atoms. The largest absolute Gasteiger partial charge is 0.506 e. The molecule has 3 aliphatic rings. The molecule has 4 heterocycles. The molecule has 2 atom stereocenters. The number of ether oxygens (including phenoxy) is 2. The van der Waals surface area contributed by atoms with Crippen LogP contribution in [0.25, 0.3) is 10.9 Å². The van der Waals surface area contributed by atoms with E-state index in [1.165, 1.54) is 17.7 Å². The summed E-state index contributed by atoms with van der Waals surface area (Å²) in [5.74, 6) is -0.103. The smallest absolute Gasteiger partial charge is 0.347 e. The van der Waals surface area contributed by atoms with Crippen molar-refractivity contribution in [2.75, 3.05) is 59.0 Å². The van der Waals surface area contributed by atoms with Gasteiger partial charge in [0.05, 0.1) is 18.2 Å². The third kappa shape index (κ3) is 12.5. The van der Waals surface area contributed by atoms with Gasteiger partial charge < -0.3 is 44.9 Å². The number of benzene rings is 6. The number of rotatable bonds is 18. The van der Waals surface area contributed by atoms with Gasteiger partial charge in [0.25, 0.3) is 11.8 Å². The molecular weight excluding hydrogens is 983 g/mol. The van der Waals surface area contributed by atoms with Crippen molar-refractivity contribution in [3.8, 4) is 11.5 Å². The fraction of sp³-hybridized carbons (Fsp3) is 0.344. The van der Waals surface area contributed by atoms with Gasteiger partial charge in [0.15, 0.2) is 0 Å². The van der Waals surface area contributed by atoms with E-state index < -0.39 is 17.7 Å². The van der Waals surface area contributed by atoms with Crippen molar-refractivity contribution in [3.63, 3.8) is 0 Å². The van der Waals surface area contributed by atoms with Gasteiger partial charge >= 0.3 is 5.97 Å². The lowest BCUT2D eigenvalue weighted by Crippen LogP contribution is -2.52. The van der Waals surface area contributed by atoms with Crippen molar-refractivity contribution in [2.45, 2.75) is 69.8 Å². The summed E-state index contributed by atoms with van der Waals surface area (Å²) in [5.41, 5.74) is 3.68. The molecule has 3 saturated heterocycles. The second-order valence-electron chi connectivity index (χ2n) is 21.5. The van der Waals surface area contributed by atoms with Crippen molar-refractivity contribution in [3.05, 3.63) is 213 Å². The fourth-order valence-corrected chi connectivity index (χ4v) is 11.5. The Morgan fingerprint density at radius 3 is 2.09 bits per heavy atom. The van der Waals surface area contributed by atoms with E-state index in [2.05, 4.69) is 39.5 Å². The molecule has 14 nitrogen and oxygen atoms in total. The number of hydrogen-bond acceptors (Lipinski definition) is 11. The molecule has 2 amide bonds. The van der Waals surface area contributed by atoms with E-state index in [-0.39, 0.29) is 54.2 Å². The number of amides is 2. The molecule has 1 aromatic heterocycles. The van der Waals surface area contributed by atoms with Crippen LogP contribution < -0.4 is 15.6 Å². The van der Waals surface area contributed by atoms with Crippen LogP contribution in [0.4, 0.5) is 0 Å². The van der Waals surface area contributed by atoms with Crippen molar-refractivity contribution in [1.82, 2.24) is 25.0 Å². The Labute approximate surface area is 455 Å². The van der Waals surface area contributed by atoms with Gasteiger partial charge in [-0.25, -0.2) is 4.79 Å². The SMILES string of the molecule is O=C(c1ccc(CCNC[C@H](O)c2ccc(O)c3[nH]c(=O)ccc23)cc1)N1CCC2(CCCN(C(=O)c3ccc(COc4cccc([C@](O)(C(=O)OCC5CCN(Cc6ccccc6)CC5)c5ccccc5)c4)cc3)C2)CC1. The summed E-state index contributed by atoms with van der Waals surface area (Å²) >= 11 is 0. The number of phenolic OH excluding ortho intramolecular Hbond substituents is 1. The molecule has 5 N–H and O–H groups in total. The minimum absolute atomic E-state index is 0.00584. The first-order valence-corrected chi connectivity index (χ1v) is 27.4. The number of carbonyl (C=O) groups excluding carboxylic acids is 3. The van der Waals surface area contributed by atoms with Crippen LogP contribution in [0.5, 0.6) is 11.5 Å². The van der Waals surface area contributed by atoms with Crippen LogP contribution in [0.3, 0.4) is 0 Å². The molecular formula is C64H69N5O9. The Morgan fingerprint density at radius 2 is 1.37 bits per heavy atom. The Balaban J connectivity index is 0.676. The second-order valence-corrected chi connectivity index (χ2v) is 21.5. The Morgan fingerprint density at radius 1 is 0.705 bits per heavy atom. The number of carbonyl (C=O) groups is 3. The molecule has 404 valence electrons. The third-order valence-corrected chi connectivity index (χ3v) is 16.2. The van der Waals surface area contributed by atoms with Gasteiger partial charge in [0, 0.05) is 67.4 Å². The van der Waals surface area contributed by atoms with Gasteiger partial charge in [0.1, 0.15) is 18.1 Å². The van der Waals surface area contributed by atoms with E-state index in [0.29, 0.717) is 83.6 Å². The van der Waals surface area contributed by atoms with E-state index in [1.54, 1.807) is 60.7 Å². The highest BCUT2D eigenvalue weighted by molar-refractivity contribution is 5.95. The zero-order valence-corrected chi connectivity index (χ0v) is 44.0. The number of hydrogen-bond donors (Lipinski definition) is 5. The van der Waals surface area contributed by atoms with Gasteiger partial charge in [-0.15, -0.1) is 0 Å². The number of likely N-dealkylation sites (tertiary alicyclic amines) is 3. The van der Waals surface area contributed by atoms with Crippen LogP contribution in [0.2, 0.25) is 0 Å². The molecule has 0 bridgehead atoms. The number of aromatic nitrogens is 1. The van der Waals surface area contributed by atoms with Crippen LogP contribution in [-0.2, 0) is 34.7 Å². The lowest BCUT2D eigenvalue weighted by Gasteiger charge is -2.47. The maximum absolute atomic E-state index is 14.0. The molecule has 6 aromatic carbocycles. The first kappa shape index (κ1) is 53.8. The number of phenols is 1. The maximum Gasteiger partial charge on any atom is 0.347 e. The van der Waals surface area contributed by atoms with E-state index in [4.69, 9.17) is 9.47 Å². The number of aromatic hydroxyl groups is 1. The van der Waals surface area contributed by atoms with Crippen molar-refractivity contribution in [2.24, 2.45) is 11.3 Å². The Bertz CT molecular complexity index is 3230. The van der Waals surface area contributed by atoms with Gasteiger partial charge in [-0.1, -0.05) is 103 Å². The second kappa shape index (κ2) is 24.4. The molecule has 0 unspecified atom stereocenters. The first-order chi connectivity index (χ1) is 37.9. The van der Waals surface area contributed by atoms with Gasteiger partial charge in [-0.05, 0) is 152 Å². The number of pyridine rings is 1. The van der Waals surface area contributed by atoms with Gasteiger partial charge in [0.2, 0.25) is 11.2 Å². The van der Waals surface area contributed by atoms with E-state index in [0.717, 1.165) is 69.3 Å². The summed E-state index contributed by atoms with van der Waals surface area (Å²) in [6.07, 6.45) is 5.22. The number of aliphatic hydroxyl groups excluding tert-OH is 1. The van der Waals surface area contributed by atoms with Crippen molar-refractivity contribution < 1.29 is 39.2 Å². The highest BCUT2D eigenvalue weighted by Gasteiger charge is 2.43. The standard InChI is InChI=1S/C64H69N5O9/c70-56-25-23-54(55-24-26-58(72)66-59(55)56)57(71)40-65-33-27-45-15-19-49(20-16-45)60(73)68-37-31-63(32-38-68)30-8-34-69(44-63)61(74)50-21-17-47(18-22-50)42-77-53-14-7-13-52(39-53)64(76,51-11-5-2-6-12-51)62(75)78-43-48-28-35-67(36-29-48)41-46-9-3-1-4-10-46/h1-7,9-26,39,48,57,65,70-71,76H,8,27-38,40-44H2,(H,66,72)/t57-,64-/m0/s1. The van der Waals surface area contributed by atoms with Crippen LogP contribution in [0.1, 0.15) is 98.7 Å². The zero-order chi connectivity index (χ0) is 54.1. The molecule has 14 heteroatoms. The number of H-pyrrole nitrogens is 1. The van der Waals surface area contributed by atoms with Crippen molar-refractivity contribution >= 4 is 28.7 Å². The Kier molecular flexibility index (Phi) is 16.8. The highest BCUT2D eigenvalue weighted by atomic mass is 16.5. The summed E-state index contributed by atoms with van der Waals surface area (Å²) in [6, 6.07) is 47.5. The van der Waals surface area contributed by atoms with Crippen LogP contribution >= 0.6 is 0 Å². The molecule has 0 saturated carbocycles. The molecule has 0 radical (unpaired) electrons. The minimum atomic E-state index is -2.05. The zero-order valence-electron chi connectivity index (χ0n) is 44.0. The van der Waals surface area contributed by atoms with Crippen molar-refractivity contribution in [1.29, 1.82) is 0 Å². The van der Waals surface area contributed by atoms with Crippen LogP contribution in [-0.4, -0.2) is 112 Å². The predicted molar refractivity (Wildman–Crippen MR) is 299 cm³/mol. The highest BCUT2D eigenvalue weighted by Crippen LogP contribution is 2.41. The molecule has 3 aliphatic heterocycles. The topological polar surface area (TPSA) is 185 Å². The molecule has 7 aromatic rings. The maximum atomic E-state index is 14.0. The quantitative estimate of drug-likeness (QED) is 0.0410. The van der Waals surface area contributed by atoms with Gasteiger partial charge in [-0.2, -0.15) is 0 Å². The third-order valence-electron chi connectivity index (χ3n) is 16.2. The van der Waals surface area contributed by atoms with E-state index in [9.17, 15) is 34.5 Å². The number of esters is 1. The summed E-state index contributed by atoms with van der Waals surface area (Å²) in [5, 5.41) is 37.3. The van der Waals surface area contributed by atoms with E-state index >= 15 is 0 Å². The fourth-order valence-electron chi connectivity index (χ4n) is 11.5. The summed E-state index contributed by atoms with van der Waals surface area (Å²) in [4.78, 5) is 62.4. The Hall–Kier alpha value is -7.62. The number of aliphatic hydroxyl groups is 2. The lowest BCUT2D eigenvalue weighted by molar-refractivity contribution is -0.164. The van der Waals surface area contributed by atoms with Gasteiger partial charge in [-0.3, -0.25) is 19.3 Å². The van der Waals surface area contributed by atoms with E-state index in [1.807, 2.05) is 70.5 Å². The number of nitrogens with zero attached hydrogens (tertiary/aromatic N) is 3. The molecule has 0 aliphatic carbocycles. The minimum Gasteiger partial charge on any atom is -0.506 e. The monoisotopic (exact) mass is 1050 g/mol. The molecule has 78 heavy (non-hydrogen) atoms. The first-order valence-electron chi connectivity index (χ1n) is 27.4. The number of fused-ring (bicyclic) bond motifs is 1. The summed E-state index contributed by atoms with van der Waals surface area (Å²) < 4.78 is 12.2. The lowest BCUT2D eigenvalue weighted by atomic mass is 9.72. The average molecular weight is 1050 g/mol.